The van der Waals surface area contributed by atoms with Crippen LogP contribution in [-0.4, -0.2) is 31.6 Å². The SMILES string of the molecule is CCC(C)N(C)CCC(NC)c1cccc(F)c1. The Kier molecular flexibility index (Phi) is 6.30. The summed E-state index contributed by atoms with van der Waals surface area (Å²) in [4.78, 5) is 2.35. The first kappa shape index (κ1) is 15.1. The van der Waals surface area contributed by atoms with Crippen molar-refractivity contribution in [3.05, 3.63) is 35.6 Å². The summed E-state index contributed by atoms with van der Waals surface area (Å²) in [5.74, 6) is -0.164. The molecule has 0 aliphatic carbocycles. The normalized spacial score (nSPS) is 14.8. The molecular weight excluding hydrogens is 227 g/mol. The quantitative estimate of drug-likeness (QED) is 0.801. The second-order valence-corrected chi connectivity index (χ2v) is 4.92. The minimum absolute atomic E-state index is 0.164. The van der Waals surface area contributed by atoms with Crippen LogP contribution in [0.25, 0.3) is 0 Å². The summed E-state index contributed by atoms with van der Waals surface area (Å²) in [7, 11) is 4.07. The van der Waals surface area contributed by atoms with E-state index in [1.807, 2.05) is 13.1 Å². The van der Waals surface area contributed by atoms with Crippen molar-refractivity contribution < 1.29 is 4.39 Å². The van der Waals surface area contributed by atoms with Gasteiger partial charge >= 0.3 is 0 Å². The Bertz CT molecular complexity index is 354. The Morgan fingerprint density at radius 1 is 1.39 bits per heavy atom. The predicted molar refractivity (Wildman–Crippen MR) is 75.2 cm³/mol. The summed E-state index contributed by atoms with van der Waals surface area (Å²) < 4.78 is 13.2. The van der Waals surface area contributed by atoms with Crippen LogP contribution < -0.4 is 5.32 Å². The highest BCUT2D eigenvalue weighted by atomic mass is 19.1. The first-order valence-corrected chi connectivity index (χ1v) is 6.71. The number of nitrogens with zero attached hydrogens (tertiary/aromatic N) is 1. The average Bonchev–Trinajstić information content (AvgIpc) is 2.38. The maximum absolute atomic E-state index is 13.2. The van der Waals surface area contributed by atoms with Crippen molar-refractivity contribution >= 4 is 0 Å². The summed E-state index contributed by atoms with van der Waals surface area (Å²) in [6.07, 6.45) is 2.14. The third-order valence-electron chi connectivity index (χ3n) is 3.71. The van der Waals surface area contributed by atoms with Gasteiger partial charge in [0.25, 0.3) is 0 Å². The van der Waals surface area contributed by atoms with Crippen LogP contribution in [0, 0.1) is 5.82 Å². The van der Waals surface area contributed by atoms with Gasteiger partial charge in [0.05, 0.1) is 0 Å². The monoisotopic (exact) mass is 252 g/mol. The van der Waals surface area contributed by atoms with Gasteiger partial charge in [-0.05, 0) is 58.1 Å². The fraction of sp³-hybridized carbons (Fsp3) is 0.600. The molecule has 2 atom stereocenters. The van der Waals surface area contributed by atoms with Crippen LogP contribution >= 0.6 is 0 Å². The zero-order valence-electron chi connectivity index (χ0n) is 11.9. The van der Waals surface area contributed by atoms with Gasteiger partial charge in [-0.3, -0.25) is 0 Å². The highest BCUT2D eigenvalue weighted by molar-refractivity contribution is 5.20. The molecule has 0 spiro atoms. The molecule has 0 saturated heterocycles. The van der Waals surface area contributed by atoms with E-state index < -0.39 is 0 Å². The van der Waals surface area contributed by atoms with Gasteiger partial charge in [0.2, 0.25) is 0 Å². The molecule has 1 N–H and O–H groups in total. The Hall–Kier alpha value is -0.930. The van der Waals surface area contributed by atoms with Crippen LogP contribution in [-0.2, 0) is 0 Å². The molecule has 0 aliphatic rings. The van der Waals surface area contributed by atoms with Gasteiger partial charge in [0, 0.05) is 12.1 Å². The summed E-state index contributed by atoms with van der Waals surface area (Å²) >= 11 is 0. The minimum atomic E-state index is -0.164. The topological polar surface area (TPSA) is 15.3 Å². The largest absolute Gasteiger partial charge is 0.313 e. The molecule has 1 rings (SSSR count). The molecule has 1 aromatic carbocycles. The van der Waals surface area contributed by atoms with Crippen LogP contribution in [0.3, 0.4) is 0 Å². The maximum atomic E-state index is 13.2. The van der Waals surface area contributed by atoms with E-state index in [2.05, 4.69) is 31.1 Å². The average molecular weight is 252 g/mol. The fourth-order valence-corrected chi connectivity index (χ4v) is 2.07. The second kappa shape index (κ2) is 7.49. The highest BCUT2D eigenvalue weighted by Gasteiger charge is 2.13. The molecule has 0 aromatic heterocycles. The number of hydrogen-bond donors (Lipinski definition) is 1. The van der Waals surface area contributed by atoms with Crippen LogP contribution in [0.2, 0.25) is 0 Å². The van der Waals surface area contributed by atoms with Gasteiger partial charge in [0.15, 0.2) is 0 Å². The lowest BCUT2D eigenvalue weighted by Crippen LogP contribution is -2.31. The summed E-state index contributed by atoms with van der Waals surface area (Å²) in [5.41, 5.74) is 1.02. The lowest BCUT2D eigenvalue weighted by Gasteiger charge is -2.26. The van der Waals surface area contributed by atoms with E-state index >= 15 is 0 Å². The first-order chi connectivity index (χ1) is 8.58. The Morgan fingerprint density at radius 2 is 2.11 bits per heavy atom. The minimum Gasteiger partial charge on any atom is -0.313 e. The van der Waals surface area contributed by atoms with Crippen LogP contribution in [0.5, 0.6) is 0 Å². The molecule has 1 aromatic rings. The molecule has 0 amide bonds. The molecule has 0 aliphatic heterocycles. The van der Waals surface area contributed by atoms with Crippen molar-refractivity contribution in [3.63, 3.8) is 0 Å². The Balaban J connectivity index is 2.57. The summed E-state index contributed by atoms with van der Waals surface area (Å²) in [5, 5.41) is 3.26. The molecule has 3 heteroatoms. The zero-order valence-corrected chi connectivity index (χ0v) is 11.9. The second-order valence-electron chi connectivity index (χ2n) is 4.92. The maximum Gasteiger partial charge on any atom is 0.123 e. The standard InChI is InChI=1S/C15H25FN2/c1-5-12(2)18(4)10-9-15(17-3)13-7-6-8-14(16)11-13/h6-8,11-12,15,17H,5,9-10H2,1-4H3. The van der Waals surface area contributed by atoms with Gasteiger partial charge in [-0.15, -0.1) is 0 Å². The highest BCUT2D eigenvalue weighted by Crippen LogP contribution is 2.18. The molecule has 2 nitrogen and oxygen atoms in total. The molecular formula is C15H25FN2. The van der Waals surface area contributed by atoms with E-state index in [1.165, 1.54) is 6.07 Å². The molecule has 2 unspecified atom stereocenters. The van der Waals surface area contributed by atoms with Gasteiger partial charge in [-0.25, -0.2) is 4.39 Å². The van der Waals surface area contributed by atoms with Crippen LogP contribution in [0.1, 0.15) is 38.3 Å². The van der Waals surface area contributed by atoms with Crippen molar-refractivity contribution in [2.45, 2.75) is 38.8 Å². The number of halogens is 1. The third-order valence-corrected chi connectivity index (χ3v) is 3.71. The van der Waals surface area contributed by atoms with E-state index in [1.54, 1.807) is 12.1 Å². The smallest absolute Gasteiger partial charge is 0.123 e. The van der Waals surface area contributed by atoms with Gasteiger partial charge in [-0.2, -0.15) is 0 Å². The number of hydrogen-bond acceptors (Lipinski definition) is 2. The summed E-state index contributed by atoms with van der Waals surface area (Å²) in [6, 6.07) is 7.66. The van der Waals surface area contributed by atoms with Crippen molar-refractivity contribution in [1.82, 2.24) is 10.2 Å². The van der Waals surface area contributed by atoms with Crippen molar-refractivity contribution in [3.8, 4) is 0 Å². The number of nitrogens with one attached hydrogen (secondary N) is 1. The van der Waals surface area contributed by atoms with Gasteiger partial charge in [-0.1, -0.05) is 19.1 Å². The van der Waals surface area contributed by atoms with Gasteiger partial charge < -0.3 is 10.2 Å². The first-order valence-electron chi connectivity index (χ1n) is 6.71. The molecule has 0 saturated carbocycles. The van der Waals surface area contributed by atoms with Crippen LogP contribution in [0.15, 0.2) is 24.3 Å². The zero-order chi connectivity index (χ0) is 13.5. The lowest BCUT2D eigenvalue weighted by atomic mass is 10.0. The molecule has 0 fully saturated rings. The summed E-state index contributed by atoms with van der Waals surface area (Å²) in [6.45, 7) is 5.44. The third kappa shape index (κ3) is 4.39. The van der Waals surface area contributed by atoms with E-state index in [0.29, 0.717) is 6.04 Å². The Morgan fingerprint density at radius 3 is 2.67 bits per heavy atom. The van der Waals surface area contributed by atoms with Crippen molar-refractivity contribution in [1.29, 1.82) is 0 Å². The van der Waals surface area contributed by atoms with E-state index in [0.717, 1.165) is 24.9 Å². The van der Waals surface area contributed by atoms with E-state index in [-0.39, 0.29) is 11.9 Å². The lowest BCUT2D eigenvalue weighted by molar-refractivity contribution is 0.239. The molecule has 0 radical (unpaired) electrons. The van der Waals surface area contributed by atoms with Crippen molar-refractivity contribution in [2.75, 3.05) is 20.6 Å². The van der Waals surface area contributed by atoms with E-state index in [4.69, 9.17) is 0 Å². The number of rotatable bonds is 7. The molecule has 0 heterocycles. The van der Waals surface area contributed by atoms with Crippen molar-refractivity contribution in [2.24, 2.45) is 0 Å². The fourth-order valence-electron chi connectivity index (χ4n) is 2.07. The molecule has 102 valence electrons. The predicted octanol–water partition coefficient (Wildman–Crippen LogP) is 3.21. The molecule has 0 bridgehead atoms. The molecule has 18 heavy (non-hydrogen) atoms. The van der Waals surface area contributed by atoms with Gasteiger partial charge in [0.1, 0.15) is 5.82 Å². The Labute approximate surface area is 110 Å². The number of benzene rings is 1. The van der Waals surface area contributed by atoms with Crippen LogP contribution in [0.4, 0.5) is 4.39 Å². The van der Waals surface area contributed by atoms with E-state index in [9.17, 15) is 4.39 Å².